The number of hydrogen-bond donors (Lipinski definition) is 1. The lowest BCUT2D eigenvalue weighted by Crippen LogP contribution is -2.42. The Hall–Kier alpha value is -0.220. The largest absolute Gasteiger partial charge is 0.362 e. The monoisotopic (exact) mass is 281 g/mol. The van der Waals surface area contributed by atoms with Crippen LogP contribution in [-0.2, 0) is 0 Å². The lowest BCUT2D eigenvalue weighted by atomic mass is 10.1. The van der Waals surface area contributed by atoms with Gasteiger partial charge in [0.05, 0.1) is 6.54 Å². The van der Waals surface area contributed by atoms with E-state index in [9.17, 15) is 0 Å². The number of amidine groups is 1. The van der Waals surface area contributed by atoms with Crippen LogP contribution in [0.1, 0.15) is 44.9 Å². The smallest absolute Gasteiger partial charge is 0.156 e. The van der Waals surface area contributed by atoms with E-state index in [1.54, 1.807) is 0 Å². The van der Waals surface area contributed by atoms with Gasteiger partial charge in [0, 0.05) is 24.4 Å². The number of fused-ring (bicyclic) bond motifs is 1. The van der Waals surface area contributed by atoms with E-state index in [2.05, 4.69) is 17.3 Å². The molecular weight excluding hydrogens is 254 g/mol. The highest BCUT2D eigenvalue weighted by molar-refractivity contribution is 8.13. The molecule has 0 aromatic rings. The molecule has 0 aromatic carbocycles. The van der Waals surface area contributed by atoms with Crippen LogP contribution in [0.25, 0.3) is 0 Å². The van der Waals surface area contributed by atoms with E-state index in [-0.39, 0.29) is 0 Å². The second kappa shape index (κ2) is 6.49. The number of rotatable bonds is 4. The predicted octanol–water partition coefficient (Wildman–Crippen LogP) is 2.72. The van der Waals surface area contributed by atoms with Gasteiger partial charge < -0.3 is 10.2 Å². The average molecular weight is 281 g/mol. The number of nitrogens with zero attached hydrogens (tertiary/aromatic N) is 2. The predicted molar refractivity (Wildman–Crippen MR) is 83.9 cm³/mol. The van der Waals surface area contributed by atoms with Gasteiger partial charge in [-0.2, -0.15) is 0 Å². The zero-order chi connectivity index (χ0) is 13.1. The Labute approximate surface area is 121 Å². The first kappa shape index (κ1) is 13.7. The minimum absolute atomic E-state index is 0.729. The topological polar surface area (TPSA) is 27.6 Å². The molecule has 1 N–H and O–H groups in total. The molecule has 108 valence electrons. The van der Waals surface area contributed by atoms with E-state index < -0.39 is 0 Å². The maximum absolute atomic E-state index is 4.78. The van der Waals surface area contributed by atoms with Gasteiger partial charge in [-0.15, -0.1) is 0 Å². The van der Waals surface area contributed by atoms with Gasteiger partial charge in [0.15, 0.2) is 5.17 Å². The molecule has 3 rings (SSSR count). The Balaban J connectivity index is 1.42. The Morgan fingerprint density at radius 3 is 2.89 bits per heavy atom. The Bertz CT molecular complexity index is 325. The number of likely N-dealkylation sites (N-methyl/N-ethyl adjacent to an activating group) is 1. The van der Waals surface area contributed by atoms with Crippen molar-refractivity contribution in [1.29, 1.82) is 0 Å². The molecule has 1 saturated heterocycles. The molecule has 19 heavy (non-hydrogen) atoms. The maximum atomic E-state index is 4.78. The van der Waals surface area contributed by atoms with Crippen molar-refractivity contribution in [3.05, 3.63) is 0 Å². The summed E-state index contributed by atoms with van der Waals surface area (Å²) in [5, 5.41) is 4.86. The van der Waals surface area contributed by atoms with Gasteiger partial charge in [-0.1, -0.05) is 31.0 Å². The third-order valence-corrected chi connectivity index (χ3v) is 6.17. The first-order valence-corrected chi connectivity index (χ1v) is 8.95. The van der Waals surface area contributed by atoms with E-state index >= 15 is 0 Å². The normalized spacial score (nSPS) is 33.9. The van der Waals surface area contributed by atoms with Crippen LogP contribution < -0.4 is 5.32 Å². The lowest BCUT2D eigenvalue weighted by molar-refractivity contribution is 0.252. The molecule has 2 saturated carbocycles. The van der Waals surface area contributed by atoms with Gasteiger partial charge in [-0.05, 0) is 38.6 Å². The van der Waals surface area contributed by atoms with Crippen LogP contribution >= 0.6 is 11.8 Å². The van der Waals surface area contributed by atoms with Crippen LogP contribution in [0, 0.1) is 5.92 Å². The van der Waals surface area contributed by atoms with Crippen molar-refractivity contribution >= 4 is 16.9 Å². The quantitative estimate of drug-likeness (QED) is 0.858. The molecule has 2 aliphatic carbocycles. The summed E-state index contributed by atoms with van der Waals surface area (Å²) in [6.07, 6.45) is 9.80. The highest BCUT2D eigenvalue weighted by Gasteiger charge is 2.31. The van der Waals surface area contributed by atoms with Crippen molar-refractivity contribution in [3.8, 4) is 0 Å². The zero-order valence-corrected chi connectivity index (χ0v) is 12.9. The summed E-state index contributed by atoms with van der Waals surface area (Å²) < 4.78 is 0. The van der Waals surface area contributed by atoms with Crippen LogP contribution in [0.4, 0.5) is 0 Å². The number of thioether (sulfide) groups is 1. The fraction of sp³-hybridized carbons (Fsp3) is 0.933. The molecule has 2 atom stereocenters. The molecule has 3 aliphatic rings. The molecule has 1 aliphatic heterocycles. The van der Waals surface area contributed by atoms with Crippen molar-refractivity contribution in [1.82, 2.24) is 10.2 Å². The zero-order valence-electron chi connectivity index (χ0n) is 12.1. The third kappa shape index (κ3) is 3.46. The van der Waals surface area contributed by atoms with Gasteiger partial charge in [-0.3, -0.25) is 4.99 Å². The molecule has 0 aromatic heterocycles. The van der Waals surface area contributed by atoms with E-state index in [4.69, 9.17) is 4.99 Å². The molecule has 0 spiro atoms. The minimum atomic E-state index is 0.729. The molecule has 0 radical (unpaired) electrons. The van der Waals surface area contributed by atoms with Gasteiger partial charge >= 0.3 is 0 Å². The average Bonchev–Trinajstić information content (AvgIpc) is 3.09. The molecule has 1 heterocycles. The van der Waals surface area contributed by atoms with Crippen LogP contribution in [0.5, 0.6) is 0 Å². The summed E-state index contributed by atoms with van der Waals surface area (Å²) in [7, 11) is 2.27. The SMILES string of the molecule is CN(CCN=C1NC2CCCC2CS1)C1CCCC1. The number of nitrogens with one attached hydrogen (secondary N) is 1. The van der Waals surface area contributed by atoms with Crippen molar-refractivity contribution in [2.24, 2.45) is 10.9 Å². The molecule has 4 heteroatoms. The highest BCUT2D eigenvalue weighted by atomic mass is 32.2. The molecule has 2 unspecified atom stereocenters. The van der Waals surface area contributed by atoms with Crippen LogP contribution in [0.15, 0.2) is 4.99 Å². The molecule has 0 bridgehead atoms. The standard InChI is InChI=1S/C15H27N3S/c1-18(13-6-2-3-7-13)10-9-16-15-17-14-8-4-5-12(14)11-19-15/h12-14H,2-11H2,1H3,(H,16,17). The maximum Gasteiger partial charge on any atom is 0.156 e. The van der Waals surface area contributed by atoms with Crippen molar-refractivity contribution in [2.75, 3.05) is 25.9 Å². The molecular formula is C15H27N3S. The Morgan fingerprint density at radius 2 is 2.05 bits per heavy atom. The summed E-state index contributed by atoms with van der Waals surface area (Å²) in [6, 6.07) is 1.55. The van der Waals surface area contributed by atoms with Crippen LogP contribution in [-0.4, -0.2) is 48.0 Å². The van der Waals surface area contributed by atoms with Crippen molar-refractivity contribution in [2.45, 2.75) is 57.0 Å². The van der Waals surface area contributed by atoms with Gasteiger partial charge in [0.1, 0.15) is 0 Å². The summed E-state index contributed by atoms with van der Waals surface area (Å²) >= 11 is 1.94. The van der Waals surface area contributed by atoms with Gasteiger partial charge in [0.2, 0.25) is 0 Å². The summed E-state index contributed by atoms with van der Waals surface area (Å²) in [5.41, 5.74) is 0. The Kier molecular flexibility index (Phi) is 4.69. The van der Waals surface area contributed by atoms with E-state index in [1.165, 1.54) is 55.9 Å². The van der Waals surface area contributed by atoms with Crippen LogP contribution in [0.3, 0.4) is 0 Å². The van der Waals surface area contributed by atoms with Gasteiger partial charge in [-0.25, -0.2) is 0 Å². The number of hydrogen-bond acceptors (Lipinski definition) is 3. The molecule has 3 nitrogen and oxygen atoms in total. The van der Waals surface area contributed by atoms with Crippen molar-refractivity contribution < 1.29 is 0 Å². The fourth-order valence-electron chi connectivity index (χ4n) is 3.74. The Morgan fingerprint density at radius 1 is 1.21 bits per heavy atom. The first-order valence-electron chi connectivity index (χ1n) is 7.97. The van der Waals surface area contributed by atoms with Crippen LogP contribution in [0.2, 0.25) is 0 Å². The highest BCUT2D eigenvalue weighted by Crippen LogP contribution is 2.32. The fourth-order valence-corrected chi connectivity index (χ4v) is 4.93. The van der Waals surface area contributed by atoms with Gasteiger partial charge in [0.25, 0.3) is 0 Å². The lowest BCUT2D eigenvalue weighted by Gasteiger charge is -2.28. The second-order valence-corrected chi connectivity index (χ2v) is 7.37. The molecule has 0 amide bonds. The van der Waals surface area contributed by atoms with Crippen molar-refractivity contribution in [3.63, 3.8) is 0 Å². The second-order valence-electron chi connectivity index (χ2n) is 6.36. The summed E-state index contributed by atoms with van der Waals surface area (Å²) in [4.78, 5) is 7.30. The third-order valence-electron chi connectivity index (χ3n) is 5.06. The van der Waals surface area contributed by atoms with E-state index in [0.29, 0.717) is 0 Å². The summed E-state index contributed by atoms with van der Waals surface area (Å²) in [5.74, 6) is 2.19. The minimum Gasteiger partial charge on any atom is -0.362 e. The molecule has 3 fully saturated rings. The summed E-state index contributed by atoms with van der Waals surface area (Å²) in [6.45, 7) is 2.07. The van der Waals surface area contributed by atoms with E-state index in [1.807, 2.05) is 11.8 Å². The number of aliphatic imine (C=N–C) groups is 1. The van der Waals surface area contributed by atoms with E-state index in [0.717, 1.165) is 31.1 Å². The first-order chi connectivity index (χ1) is 9.33.